The first-order valence-electron chi connectivity index (χ1n) is 8.15. The van der Waals surface area contributed by atoms with Crippen molar-refractivity contribution < 1.29 is 13.9 Å². The lowest BCUT2D eigenvalue weighted by Crippen LogP contribution is -2.00. The number of ether oxygens (including phenoxy) is 2. The zero-order chi connectivity index (χ0) is 18.1. The number of rotatable bonds is 9. The van der Waals surface area contributed by atoms with Crippen molar-refractivity contribution in [1.29, 1.82) is 5.26 Å². The fourth-order valence-corrected chi connectivity index (χ4v) is 2.16. The maximum Gasteiger partial charge on any atom is 0.252 e. The Kier molecular flexibility index (Phi) is 6.84. The molecular formula is C18H22N4O3. The Morgan fingerprint density at radius 2 is 2.20 bits per heavy atom. The molecule has 0 aliphatic carbocycles. The maximum absolute atomic E-state index is 8.96. The normalized spacial score (nSPS) is 10.6. The molecule has 7 nitrogen and oxygen atoms in total. The molecule has 1 N–H and O–H groups in total. The van der Waals surface area contributed by atoms with Gasteiger partial charge >= 0.3 is 0 Å². The topological polar surface area (TPSA) is 92.7 Å². The van der Waals surface area contributed by atoms with Gasteiger partial charge in [0.1, 0.15) is 6.07 Å². The third-order valence-electron chi connectivity index (χ3n) is 3.41. The van der Waals surface area contributed by atoms with Gasteiger partial charge < -0.3 is 13.9 Å². The summed E-state index contributed by atoms with van der Waals surface area (Å²) in [6.45, 7) is 4.49. The van der Waals surface area contributed by atoms with Gasteiger partial charge in [0, 0.05) is 6.92 Å². The standard InChI is InChI=1S/C18H22N4O3/c1-4-5-6-9-24-16-8-7-14(10-17(16)23-3)12-20-22-18-15(11-19)21-13(2)25-18/h7-8,10,12,22H,4-6,9H2,1-3H3. The summed E-state index contributed by atoms with van der Waals surface area (Å²) < 4.78 is 16.4. The summed E-state index contributed by atoms with van der Waals surface area (Å²) in [7, 11) is 1.60. The molecule has 0 saturated heterocycles. The molecule has 1 aromatic heterocycles. The van der Waals surface area contributed by atoms with Gasteiger partial charge in [-0.2, -0.15) is 10.4 Å². The highest BCUT2D eigenvalue weighted by atomic mass is 16.5. The van der Waals surface area contributed by atoms with Gasteiger partial charge in [-0.25, -0.2) is 10.4 Å². The molecule has 132 valence electrons. The van der Waals surface area contributed by atoms with E-state index >= 15 is 0 Å². The van der Waals surface area contributed by atoms with Crippen molar-refractivity contribution in [2.24, 2.45) is 5.10 Å². The predicted octanol–water partition coefficient (Wildman–Crippen LogP) is 3.88. The molecule has 0 aliphatic heterocycles. The Balaban J connectivity index is 2.01. The van der Waals surface area contributed by atoms with Gasteiger partial charge in [-0.05, 0) is 30.2 Å². The van der Waals surface area contributed by atoms with Crippen LogP contribution in [0.5, 0.6) is 11.5 Å². The monoisotopic (exact) mass is 342 g/mol. The molecule has 0 saturated carbocycles. The summed E-state index contributed by atoms with van der Waals surface area (Å²) in [5, 5.41) is 13.0. The summed E-state index contributed by atoms with van der Waals surface area (Å²) in [6, 6.07) is 7.50. The number of hydrogen-bond donors (Lipinski definition) is 1. The minimum absolute atomic E-state index is 0.169. The number of nitriles is 1. The van der Waals surface area contributed by atoms with Crippen molar-refractivity contribution in [3.8, 4) is 17.6 Å². The number of nitrogens with one attached hydrogen (secondary N) is 1. The average molecular weight is 342 g/mol. The molecule has 2 aromatic rings. The Morgan fingerprint density at radius 3 is 2.92 bits per heavy atom. The first-order chi connectivity index (χ1) is 12.2. The molecular weight excluding hydrogens is 320 g/mol. The van der Waals surface area contributed by atoms with Crippen molar-refractivity contribution in [2.45, 2.75) is 33.1 Å². The quantitative estimate of drug-likeness (QED) is 0.422. The van der Waals surface area contributed by atoms with Crippen LogP contribution in [0.1, 0.15) is 43.3 Å². The van der Waals surface area contributed by atoms with Gasteiger partial charge in [0.2, 0.25) is 5.69 Å². The fourth-order valence-electron chi connectivity index (χ4n) is 2.16. The van der Waals surface area contributed by atoms with Gasteiger partial charge in [-0.1, -0.05) is 19.8 Å². The van der Waals surface area contributed by atoms with Crippen LogP contribution in [0.4, 0.5) is 5.88 Å². The second-order valence-corrected chi connectivity index (χ2v) is 5.36. The Labute approximate surface area is 147 Å². The van der Waals surface area contributed by atoms with Gasteiger partial charge in [0.15, 0.2) is 17.4 Å². The number of oxazole rings is 1. The molecule has 2 rings (SSSR count). The van der Waals surface area contributed by atoms with E-state index in [1.54, 1.807) is 20.2 Å². The van der Waals surface area contributed by atoms with E-state index in [0.29, 0.717) is 24.0 Å². The summed E-state index contributed by atoms with van der Waals surface area (Å²) in [5.41, 5.74) is 3.67. The number of benzene rings is 1. The fraction of sp³-hybridized carbons (Fsp3) is 0.389. The number of anilines is 1. The first kappa shape index (κ1) is 18.3. The number of hydrazone groups is 1. The highest BCUT2D eigenvalue weighted by molar-refractivity contribution is 5.81. The van der Waals surface area contributed by atoms with Crippen LogP contribution in [0.15, 0.2) is 27.7 Å². The minimum Gasteiger partial charge on any atom is -0.493 e. The zero-order valence-electron chi connectivity index (χ0n) is 14.7. The smallest absolute Gasteiger partial charge is 0.252 e. The molecule has 0 bridgehead atoms. The van der Waals surface area contributed by atoms with E-state index in [1.807, 2.05) is 24.3 Å². The highest BCUT2D eigenvalue weighted by Gasteiger charge is 2.09. The average Bonchev–Trinajstić information content (AvgIpc) is 2.99. The third-order valence-corrected chi connectivity index (χ3v) is 3.41. The molecule has 7 heteroatoms. The van der Waals surface area contributed by atoms with E-state index in [1.165, 1.54) is 0 Å². The van der Waals surface area contributed by atoms with Crippen LogP contribution in [0.25, 0.3) is 0 Å². The molecule has 0 fully saturated rings. The van der Waals surface area contributed by atoms with Crippen molar-refractivity contribution in [2.75, 3.05) is 19.1 Å². The summed E-state index contributed by atoms with van der Waals surface area (Å²) in [4.78, 5) is 3.93. The number of aromatic nitrogens is 1. The lowest BCUT2D eigenvalue weighted by atomic mass is 10.2. The molecule has 0 unspecified atom stereocenters. The summed E-state index contributed by atoms with van der Waals surface area (Å²) in [6.07, 6.45) is 4.92. The second-order valence-electron chi connectivity index (χ2n) is 5.36. The molecule has 0 amide bonds. The second kappa shape index (κ2) is 9.33. The van der Waals surface area contributed by atoms with E-state index in [9.17, 15) is 0 Å². The molecule has 0 aliphatic rings. The largest absolute Gasteiger partial charge is 0.493 e. The number of methoxy groups -OCH3 is 1. The first-order valence-corrected chi connectivity index (χ1v) is 8.15. The van der Waals surface area contributed by atoms with Crippen LogP contribution in [-0.2, 0) is 0 Å². The lowest BCUT2D eigenvalue weighted by Gasteiger charge is -2.11. The van der Waals surface area contributed by atoms with Crippen molar-refractivity contribution in [3.63, 3.8) is 0 Å². The Morgan fingerprint density at radius 1 is 1.36 bits per heavy atom. The van der Waals surface area contributed by atoms with Gasteiger partial charge in [-0.15, -0.1) is 0 Å². The number of hydrogen-bond acceptors (Lipinski definition) is 7. The molecule has 0 radical (unpaired) electrons. The molecule has 25 heavy (non-hydrogen) atoms. The maximum atomic E-state index is 8.96. The molecule has 1 aromatic carbocycles. The number of aryl methyl sites for hydroxylation is 1. The van der Waals surface area contributed by atoms with Gasteiger partial charge in [-0.3, -0.25) is 0 Å². The number of unbranched alkanes of at least 4 members (excludes halogenated alkanes) is 2. The van der Waals surface area contributed by atoms with Crippen molar-refractivity contribution >= 4 is 12.1 Å². The van der Waals surface area contributed by atoms with Crippen LogP contribution in [-0.4, -0.2) is 24.9 Å². The van der Waals surface area contributed by atoms with Crippen LogP contribution in [0.3, 0.4) is 0 Å². The van der Waals surface area contributed by atoms with E-state index in [-0.39, 0.29) is 11.6 Å². The summed E-state index contributed by atoms with van der Waals surface area (Å²) >= 11 is 0. The lowest BCUT2D eigenvalue weighted by molar-refractivity contribution is 0.286. The van der Waals surface area contributed by atoms with E-state index in [4.69, 9.17) is 19.2 Å². The zero-order valence-corrected chi connectivity index (χ0v) is 14.7. The van der Waals surface area contributed by atoms with E-state index in [2.05, 4.69) is 22.4 Å². The SMILES string of the molecule is CCCCCOc1ccc(C=NNc2oc(C)nc2C#N)cc1OC. The van der Waals surface area contributed by atoms with Crippen LogP contribution < -0.4 is 14.9 Å². The Bertz CT molecular complexity index is 762. The Hall–Kier alpha value is -3.01. The van der Waals surface area contributed by atoms with Crippen molar-refractivity contribution in [3.05, 3.63) is 35.3 Å². The van der Waals surface area contributed by atoms with Crippen LogP contribution in [0.2, 0.25) is 0 Å². The predicted molar refractivity (Wildman–Crippen MR) is 95.2 cm³/mol. The third kappa shape index (κ3) is 5.24. The van der Waals surface area contributed by atoms with Crippen LogP contribution >= 0.6 is 0 Å². The van der Waals surface area contributed by atoms with Gasteiger partial charge in [0.25, 0.3) is 5.88 Å². The van der Waals surface area contributed by atoms with E-state index in [0.717, 1.165) is 24.8 Å². The van der Waals surface area contributed by atoms with Crippen molar-refractivity contribution in [1.82, 2.24) is 4.98 Å². The number of nitrogens with zero attached hydrogens (tertiary/aromatic N) is 3. The highest BCUT2D eigenvalue weighted by Crippen LogP contribution is 2.27. The van der Waals surface area contributed by atoms with Gasteiger partial charge in [0.05, 0.1) is 19.9 Å². The molecule has 0 atom stereocenters. The van der Waals surface area contributed by atoms with Crippen LogP contribution in [0, 0.1) is 18.3 Å². The summed E-state index contributed by atoms with van der Waals surface area (Å²) in [5.74, 6) is 1.98. The van der Waals surface area contributed by atoms with E-state index < -0.39 is 0 Å². The molecule has 0 spiro atoms. The minimum atomic E-state index is 0.169. The molecule has 1 heterocycles.